The lowest BCUT2D eigenvalue weighted by molar-refractivity contribution is -0.605. The third-order valence-corrected chi connectivity index (χ3v) is 4.56. The fourth-order valence-corrected chi connectivity index (χ4v) is 2.97. The van der Waals surface area contributed by atoms with Gasteiger partial charge in [-0.25, -0.2) is 9.37 Å². The van der Waals surface area contributed by atoms with Crippen LogP contribution < -0.4 is 10.0 Å². The number of nitrogens with one attached hydrogen (secondary N) is 1. The number of pyridine rings is 1. The van der Waals surface area contributed by atoms with E-state index in [1.807, 2.05) is 0 Å². The van der Waals surface area contributed by atoms with Crippen LogP contribution in [0.1, 0.15) is 10.4 Å². The third-order valence-electron chi connectivity index (χ3n) is 3.87. The van der Waals surface area contributed by atoms with Gasteiger partial charge in [-0.3, -0.25) is 4.79 Å². The third kappa shape index (κ3) is 3.52. The number of oxazole rings is 1. The normalized spacial score (nSPS) is 10.9. The molecule has 2 heterocycles. The Kier molecular flexibility index (Phi) is 4.33. The second-order valence-corrected chi connectivity index (χ2v) is 6.58. The lowest BCUT2D eigenvalue weighted by Crippen LogP contribution is -2.25. The van der Waals surface area contributed by atoms with E-state index in [1.54, 1.807) is 24.3 Å². The molecule has 0 aliphatic carbocycles. The van der Waals surface area contributed by atoms with Crippen molar-refractivity contribution < 1.29 is 18.3 Å². The summed E-state index contributed by atoms with van der Waals surface area (Å²) >= 11 is 3.35. The van der Waals surface area contributed by atoms with E-state index in [2.05, 4.69) is 26.2 Å². The highest BCUT2D eigenvalue weighted by molar-refractivity contribution is 9.10. The highest BCUT2D eigenvalue weighted by Gasteiger charge is 2.14. The van der Waals surface area contributed by atoms with Crippen LogP contribution in [0.3, 0.4) is 0 Å². The number of amides is 1. The van der Waals surface area contributed by atoms with Gasteiger partial charge in [-0.1, -0.05) is 0 Å². The number of halogens is 2. The summed E-state index contributed by atoms with van der Waals surface area (Å²) < 4.78 is 20.5. The smallest absolute Gasteiger partial charge is 0.256 e. The van der Waals surface area contributed by atoms with Crippen molar-refractivity contribution in [2.75, 3.05) is 5.32 Å². The zero-order valence-electron chi connectivity index (χ0n) is 13.6. The number of anilines is 1. The average molecular weight is 428 g/mol. The van der Waals surface area contributed by atoms with Crippen molar-refractivity contribution in [2.24, 2.45) is 0 Å². The lowest BCUT2D eigenvalue weighted by Gasteiger charge is -2.04. The number of aromatic nitrogens is 2. The monoisotopic (exact) mass is 427 g/mol. The maximum atomic E-state index is 13.5. The molecule has 6 nitrogen and oxygen atoms in total. The fraction of sp³-hybridized carbons (Fsp3) is 0. The van der Waals surface area contributed by atoms with Gasteiger partial charge in [-0.2, -0.15) is 4.73 Å². The van der Waals surface area contributed by atoms with Crippen LogP contribution in [0.25, 0.3) is 22.6 Å². The van der Waals surface area contributed by atoms with Gasteiger partial charge in [-0.05, 0) is 52.3 Å². The van der Waals surface area contributed by atoms with E-state index in [1.165, 1.54) is 36.7 Å². The maximum absolute atomic E-state index is 13.5. The van der Waals surface area contributed by atoms with Gasteiger partial charge in [0, 0.05) is 22.3 Å². The van der Waals surface area contributed by atoms with Crippen LogP contribution in [0.5, 0.6) is 0 Å². The topological polar surface area (TPSA) is 82.1 Å². The van der Waals surface area contributed by atoms with Crippen LogP contribution in [0, 0.1) is 11.0 Å². The molecule has 1 N–H and O–H groups in total. The van der Waals surface area contributed by atoms with Crippen LogP contribution in [0.2, 0.25) is 0 Å². The number of nitrogens with zero attached hydrogens (tertiary/aromatic N) is 2. The number of hydrogen-bond donors (Lipinski definition) is 1. The molecule has 0 aliphatic rings. The van der Waals surface area contributed by atoms with E-state index < -0.39 is 5.82 Å². The number of fused-ring (bicyclic) bond motifs is 1. The summed E-state index contributed by atoms with van der Waals surface area (Å²) in [4.78, 5) is 16.6. The molecule has 0 fully saturated rings. The zero-order chi connectivity index (χ0) is 19.0. The highest BCUT2D eigenvalue weighted by atomic mass is 79.9. The predicted molar refractivity (Wildman–Crippen MR) is 100 cm³/mol. The Morgan fingerprint density at radius 2 is 1.93 bits per heavy atom. The van der Waals surface area contributed by atoms with E-state index in [-0.39, 0.29) is 11.8 Å². The molecule has 1 amide bonds. The van der Waals surface area contributed by atoms with Crippen LogP contribution in [0.4, 0.5) is 10.1 Å². The van der Waals surface area contributed by atoms with E-state index >= 15 is 0 Å². The molecule has 0 aliphatic heterocycles. The molecule has 0 radical (unpaired) electrons. The molecule has 4 rings (SSSR count). The summed E-state index contributed by atoms with van der Waals surface area (Å²) in [6.45, 7) is 0. The van der Waals surface area contributed by atoms with E-state index in [4.69, 9.17) is 4.42 Å². The molecule has 0 unspecified atom stereocenters. The molecule has 0 atom stereocenters. The minimum absolute atomic E-state index is 0.267. The Hall–Kier alpha value is -3.26. The maximum Gasteiger partial charge on any atom is 0.256 e. The molecular weight excluding hydrogens is 417 g/mol. The molecule has 134 valence electrons. The van der Waals surface area contributed by atoms with E-state index in [9.17, 15) is 14.4 Å². The molecule has 0 bridgehead atoms. The molecule has 0 saturated heterocycles. The van der Waals surface area contributed by atoms with Crippen LogP contribution in [-0.2, 0) is 0 Å². The van der Waals surface area contributed by atoms with Gasteiger partial charge in [0.25, 0.3) is 5.91 Å². The molecule has 4 aromatic rings. The van der Waals surface area contributed by atoms with Gasteiger partial charge in [-0.15, -0.1) is 0 Å². The lowest BCUT2D eigenvalue weighted by atomic mass is 10.2. The minimum Gasteiger partial charge on any atom is -0.619 e. The first-order valence-electron chi connectivity index (χ1n) is 7.86. The average Bonchev–Trinajstić information content (AvgIpc) is 3.07. The summed E-state index contributed by atoms with van der Waals surface area (Å²) in [5.41, 5.74) is 2.39. The van der Waals surface area contributed by atoms with Gasteiger partial charge in [0.1, 0.15) is 11.3 Å². The summed E-state index contributed by atoms with van der Waals surface area (Å²) in [5.74, 6) is -0.486. The SMILES string of the molecule is O=C(Nc1ccc2oc(-c3cc(F)ccc3Br)nc2c1)c1cc[n+]([O-])cc1. The second-order valence-electron chi connectivity index (χ2n) is 5.73. The van der Waals surface area contributed by atoms with Crippen molar-refractivity contribution in [1.29, 1.82) is 0 Å². The fourth-order valence-electron chi connectivity index (χ4n) is 2.55. The first-order chi connectivity index (χ1) is 13.0. The highest BCUT2D eigenvalue weighted by Crippen LogP contribution is 2.31. The largest absolute Gasteiger partial charge is 0.619 e. The first kappa shape index (κ1) is 17.2. The van der Waals surface area contributed by atoms with Crippen molar-refractivity contribution in [3.63, 3.8) is 0 Å². The van der Waals surface area contributed by atoms with Crippen molar-refractivity contribution in [3.05, 3.63) is 82.0 Å². The van der Waals surface area contributed by atoms with Gasteiger partial charge >= 0.3 is 0 Å². The van der Waals surface area contributed by atoms with Crippen molar-refractivity contribution in [2.45, 2.75) is 0 Å². The number of carbonyl (C=O) groups excluding carboxylic acids is 1. The molecule has 8 heteroatoms. The summed E-state index contributed by atoms with van der Waals surface area (Å²) in [5, 5.41) is 13.8. The first-order valence-corrected chi connectivity index (χ1v) is 8.65. The van der Waals surface area contributed by atoms with Crippen molar-refractivity contribution >= 4 is 38.6 Å². The van der Waals surface area contributed by atoms with Crippen LogP contribution in [0.15, 0.2) is 69.8 Å². The van der Waals surface area contributed by atoms with Crippen LogP contribution in [-0.4, -0.2) is 10.9 Å². The van der Waals surface area contributed by atoms with Gasteiger partial charge in [0.15, 0.2) is 18.0 Å². The Bertz CT molecular complexity index is 1160. The Balaban J connectivity index is 1.64. The van der Waals surface area contributed by atoms with E-state index in [0.29, 0.717) is 37.1 Å². The molecule has 2 aromatic heterocycles. The summed E-state index contributed by atoms with van der Waals surface area (Å²) in [7, 11) is 0. The van der Waals surface area contributed by atoms with Gasteiger partial charge in [0.05, 0.1) is 11.1 Å². The Labute approximate surface area is 161 Å². The molecular formula is C19H11BrFN3O3. The zero-order valence-corrected chi connectivity index (χ0v) is 15.2. The van der Waals surface area contributed by atoms with Gasteiger partial charge in [0.2, 0.25) is 5.89 Å². The summed E-state index contributed by atoms with van der Waals surface area (Å²) in [6, 6.07) is 12.1. The number of benzene rings is 2. The predicted octanol–water partition coefficient (Wildman–Crippen LogP) is 4.28. The standard InChI is InChI=1S/C19H11BrFN3O3/c20-15-3-1-12(21)9-14(15)19-23-16-10-13(2-4-17(16)27-19)22-18(25)11-5-7-24(26)8-6-11/h1-10H,(H,22,25). The number of hydrogen-bond acceptors (Lipinski definition) is 4. The summed E-state index contributed by atoms with van der Waals surface area (Å²) in [6.07, 6.45) is 2.50. The van der Waals surface area contributed by atoms with Gasteiger partial charge < -0.3 is 14.9 Å². The molecule has 27 heavy (non-hydrogen) atoms. The molecule has 0 spiro atoms. The van der Waals surface area contributed by atoms with Crippen LogP contribution >= 0.6 is 15.9 Å². The Morgan fingerprint density at radius 3 is 2.70 bits per heavy atom. The van der Waals surface area contributed by atoms with Crippen molar-refractivity contribution in [3.8, 4) is 11.5 Å². The van der Waals surface area contributed by atoms with Crippen molar-refractivity contribution in [1.82, 2.24) is 4.98 Å². The molecule has 0 saturated carbocycles. The van der Waals surface area contributed by atoms with E-state index in [0.717, 1.165) is 0 Å². The Morgan fingerprint density at radius 1 is 1.15 bits per heavy atom. The second kappa shape index (κ2) is 6.81. The number of carbonyl (C=O) groups is 1. The molecule has 2 aromatic carbocycles. The number of rotatable bonds is 3. The minimum atomic E-state index is -0.398. The quantitative estimate of drug-likeness (QED) is 0.390.